The number of carbonyl (C=O) groups excluding carboxylic acids is 1. The first kappa shape index (κ1) is 18.9. The van der Waals surface area contributed by atoms with Crippen molar-refractivity contribution in [1.82, 2.24) is 15.2 Å². The van der Waals surface area contributed by atoms with E-state index in [2.05, 4.69) is 34.4 Å². The third-order valence-corrected chi connectivity index (χ3v) is 4.68. The quantitative estimate of drug-likeness (QED) is 0.635. The number of nitrogens with zero attached hydrogens (tertiary/aromatic N) is 2. The van der Waals surface area contributed by atoms with Crippen LogP contribution >= 0.6 is 0 Å². The molecule has 27 heavy (non-hydrogen) atoms. The van der Waals surface area contributed by atoms with Crippen molar-refractivity contribution in [3.63, 3.8) is 0 Å². The zero-order valence-electron chi connectivity index (χ0n) is 15.9. The van der Waals surface area contributed by atoms with Crippen molar-refractivity contribution < 1.29 is 4.79 Å². The Kier molecular flexibility index (Phi) is 6.39. The number of likely N-dealkylation sites (N-methyl/N-ethyl adjacent to an activating group) is 1. The van der Waals surface area contributed by atoms with Crippen molar-refractivity contribution in [2.45, 2.75) is 13.8 Å². The van der Waals surface area contributed by atoms with E-state index in [1.54, 1.807) is 6.20 Å². The van der Waals surface area contributed by atoms with E-state index in [0.717, 1.165) is 41.9 Å². The third-order valence-electron chi connectivity index (χ3n) is 4.68. The van der Waals surface area contributed by atoms with Gasteiger partial charge in [-0.05, 0) is 49.5 Å². The minimum absolute atomic E-state index is 0.0388. The van der Waals surface area contributed by atoms with Gasteiger partial charge in [-0.15, -0.1) is 0 Å². The van der Waals surface area contributed by atoms with Crippen LogP contribution in [-0.4, -0.2) is 42.0 Å². The molecule has 1 amide bonds. The molecule has 0 aliphatic carbocycles. The van der Waals surface area contributed by atoms with Crippen LogP contribution in [0.25, 0.3) is 10.9 Å². The summed E-state index contributed by atoms with van der Waals surface area (Å²) < 4.78 is 0. The maximum atomic E-state index is 12.3. The first-order valence-electron chi connectivity index (χ1n) is 9.42. The Morgan fingerprint density at radius 3 is 2.48 bits per heavy atom. The second-order valence-corrected chi connectivity index (χ2v) is 6.36. The zero-order chi connectivity index (χ0) is 19.1. The average molecular weight is 362 g/mol. The SMILES string of the molecule is CCN(CC)CCNC(=O)c1ccc(Nc2ccnc3ccccc23)cc1. The van der Waals surface area contributed by atoms with Crippen LogP contribution in [0.5, 0.6) is 0 Å². The summed E-state index contributed by atoms with van der Waals surface area (Å²) in [6.07, 6.45) is 1.79. The first-order chi connectivity index (χ1) is 13.2. The molecule has 0 aliphatic rings. The number of nitrogens with one attached hydrogen (secondary N) is 2. The summed E-state index contributed by atoms with van der Waals surface area (Å²) in [6, 6.07) is 17.5. The van der Waals surface area contributed by atoms with Gasteiger partial charge in [-0.3, -0.25) is 9.78 Å². The van der Waals surface area contributed by atoms with Crippen LogP contribution in [0.3, 0.4) is 0 Å². The minimum atomic E-state index is -0.0388. The lowest BCUT2D eigenvalue weighted by Gasteiger charge is -2.18. The molecule has 0 aliphatic heterocycles. The molecule has 0 saturated carbocycles. The van der Waals surface area contributed by atoms with Crippen molar-refractivity contribution in [2.75, 3.05) is 31.5 Å². The maximum Gasteiger partial charge on any atom is 0.251 e. The van der Waals surface area contributed by atoms with Gasteiger partial charge in [0.25, 0.3) is 5.91 Å². The molecule has 1 aromatic heterocycles. The van der Waals surface area contributed by atoms with Crippen LogP contribution in [0.2, 0.25) is 0 Å². The topological polar surface area (TPSA) is 57.3 Å². The molecular weight excluding hydrogens is 336 g/mol. The number of hydrogen-bond acceptors (Lipinski definition) is 4. The summed E-state index contributed by atoms with van der Waals surface area (Å²) in [6.45, 7) is 7.77. The van der Waals surface area contributed by atoms with E-state index in [1.807, 2.05) is 54.6 Å². The lowest BCUT2D eigenvalue weighted by atomic mass is 10.1. The number of hydrogen-bond donors (Lipinski definition) is 2. The minimum Gasteiger partial charge on any atom is -0.355 e. The molecule has 0 saturated heterocycles. The Balaban J connectivity index is 1.62. The number of amides is 1. The van der Waals surface area contributed by atoms with Crippen molar-refractivity contribution >= 4 is 28.2 Å². The molecular formula is C22H26N4O. The number of pyridine rings is 1. The van der Waals surface area contributed by atoms with Gasteiger partial charge in [0.05, 0.1) is 5.52 Å². The molecule has 140 valence electrons. The lowest BCUT2D eigenvalue weighted by molar-refractivity contribution is 0.0949. The van der Waals surface area contributed by atoms with E-state index in [0.29, 0.717) is 12.1 Å². The molecule has 2 aromatic carbocycles. The summed E-state index contributed by atoms with van der Waals surface area (Å²) in [7, 11) is 0. The highest BCUT2D eigenvalue weighted by molar-refractivity contribution is 5.95. The summed E-state index contributed by atoms with van der Waals surface area (Å²) >= 11 is 0. The van der Waals surface area contributed by atoms with Crippen LogP contribution in [-0.2, 0) is 0 Å². The number of benzene rings is 2. The first-order valence-corrected chi connectivity index (χ1v) is 9.42. The average Bonchev–Trinajstić information content (AvgIpc) is 2.72. The van der Waals surface area contributed by atoms with Crippen molar-refractivity contribution in [2.24, 2.45) is 0 Å². The predicted molar refractivity (Wildman–Crippen MR) is 112 cm³/mol. The second-order valence-electron chi connectivity index (χ2n) is 6.36. The molecule has 3 aromatic rings. The van der Waals surface area contributed by atoms with Gasteiger partial charge in [0.1, 0.15) is 0 Å². The number of rotatable bonds is 8. The Hall–Kier alpha value is -2.92. The molecule has 0 bridgehead atoms. The fraction of sp³-hybridized carbons (Fsp3) is 0.273. The summed E-state index contributed by atoms with van der Waals surface area (Å²) in [5.74, 6) is -0.0388. The Morgan fingerprint density at radius 1 is 1.00 bits per heavy atom. The second kappa shape index (κ2) is 9.14. The van der Waals surface area contributed by atoms with Gasteiger partial charge in [-0.2, -0.15) is 0 Å². The molecule has 0 fully saturated rings. The van der Waals surface area contributed by atoms with E-state index >= 15 is 0 Å². The number of anilines is 2. The van der Waals surface area contributed by atoms with E-state index in [4.69, 9.17) is 0 Å². The summed E-state index contributed by atoms with van der Waals surface area (Å²) in [5, 5.41) is 7.46. The maximum absolute atomic E-state index is 12.3. The fourth-order valence-electron chi connectivity index (χ4n) is 3.03. The highest BCUT2D eigenvalue weighted by atomic mass is 16.1. The van der Waals surface area contributed by atoms with Crippen LogP contribution in [0.15, 0.2) is 60.8 Å². The molecule has 5 heteroatoms. The summed E-state index contributed by atoms with van der Waals surface area (Å²) in [4.78, 5) is 19.0. The highest BCUT2D eigenvalue weighted by Crippen LogP contribution is 2.24. The predicted octanol–water partition coefficient (Wildman–Crippen LogP) is 4.05. The zero-order valence-corrected chi connectivity index (χ0v) is 15.9. The molecule has 3 rings (SSSR count). The Bertz CT molecular complexity index is 883. The standard InChI is InChI=1S/C22H26N4O/c1-3-26(4-2)16-15-24-22(27)17-9-11-18(12-10-17)25-21-13-14-23-20-8-6-5-7-19(20)21/h5-14H,3-4,15-16H2,1-2H3,(H,23,25)(H,24,27). The molecule has 0 atom stereocenters. The largest absolute Gasteiger partial charge is 0.355 e. The lowest BCUT2D eigenvalue weighted by Crippen LogP contribution is -2.34. The van der Waals surface area contributed by atoms with Crippen LogP contribution in [0.1, 0.15) is 24.2 Å². The molecule has 0 radical (unpaired) electrons. The van der Waals surface area contributed by atoms with Gasteiger partial charge in [0, 0.05) is 41.6 Å². The van der Waals surface area contributed by atoms with E-state index < -0.39 is 0 Å². The van der Waals surface area contributed by atoms with Gasteiger partial charge >= 0.3 is 0 Å². The Labute approximate surface area is 160 Å². The normalized spacial score (nSPS) is 10.9. The van der Waals surface area contributed by atoms with Crippen LogP contribution in [0.4, 0.5) is 11.4 Å². The number of carbonyl (C=O) groups is 1. The molecule has 0 unspecified atom stereocenters. The van der Waals surface area contributed by atoms with E-state index in [-0.39, 0.29) is 5.91 Å². The molecule has 1 heterocycles. The van der Waals surface area contributed by atoms with Crippen LogP contribution < -0.4 is 10.6 Å². The van der Waals surface area contributed by atoms with Gasteiger partial charge in [-0.25, -0.2) is 0 Å². The van der Waals surface area contributed by atoms with Crippen LogP contribution in [0, 0.1) is 0 Å². The highest BCUT2D eigenvalue weighted by Gasteiger charge is 2.07. The fourth-order valence-corrected chi connectivity index (χ4v) is 3.03. The Morgan fingerprint density at radius 2 is 1.74 bits per heavy atom. The van der Waals surface area contributed by atoms with E-state index in [9.17, 15) is 4.79 Å². The van der Waals surface area contributed by atoms with Crippen molar-refractivity contribution in [1.29, 1.82) is 0 Å². The van der Waals surface area contributed by atoms with Gasteiger partial charge < -0.3 is 15.5 Å². The van der Waals surface area contributed by atoms with Gasteiger partial charge in [-0.1, -0.05) is 32.0 Å². The third kappa shape index (κ3) is 4.83. The molecule has 2 N–H and O–H groups in total. The smallest absolute Gasteiger partial charge is 0.251 e. The number of aromatic nitrogens is 1. The number of para-hydroxylation sites is 1. The van der Waals surface area contributed by atoms with Crippen molar-refractivity contribution in [3.05, 3.63) is 66.4 Å². The molecule has 5 nitrogen and oxygen atoms in total. The summed E-state index contributed by atoms with van der Waals surface area (Å²) in [5.41, 5.74) is 3.55. The monoisotopic (exact) mass is 362 g/mol. The molecule has 0 spiro atoms. The number of fused-ring (bicyclic) bond motifs is 1. The van der Waals surface area contributed by atoms with E-state index in [1.165, 1.54) is 0 Å². The van der Waals surface area contributed by atoms with Gasteiger partial charge in [0.2, 0.25) is 0 Å². The van der Waals surface area contributed by atoms with Crippen molar-refractivity contribution in [3.8, 4) is 0 Å². The van der Waals surface area contributed by atoms with Gasteiger partial charge in [0.15, 0.2) is 0 Å².